The highest BCUT2D eigenvalue weighted by molar-refractivity contribution is 5.50. The van der Waals surface area contributed by atoms with Gasteiger partial charge in [0.1, 0.15) is 6.67 Å². The van der Waals surface area contributed by atoms with Crippen molar-refractivity contribution in [2.75, 3.05) is 14.2 Å². The van der Waals surface area contributed by atoms with Gasteiger partial charge in [0, 0.05) is 11.1 Å². The predicted molar refractivity (Wildman–Crippen MR) is 66.3 cm³/mol. The molecule has 1 aromatic carbocycles. The third-order valence-electron chi connectivity index (χ3n) is 2.42. The van der Waals surface area contributed by atoms with Crippen molar-refractivity contribution in [1.29, 1.82) is 0 Å². The van der Waals surface area contributed by atoms with E-state index in [4.69, 9.17) is 15.2 Å². The highest BCUT2D eigenvalue weighted by Gasteiger charge is 2.18. The SMILES string of the molecule is COc1cc(CF)cc(CC(C)(C)N)c1OC. The monoisotopic (exact) mass is 241 g/mol. The molecule has 0 fully saturated rings. The predicted octanol–water partition coefficient (Wildman–Crippen LogP) is 2.45. The van der Waals surface area contributed by atoms with Gasteiger partial charge in [-0.2, -0.15) is 0 Å². The Hall–Kier alpha value is -1.29. The summed E-state index contributed by atoms with van der Waals surface area (Å²) in [4.78, 5) is 0. The second-order valence-electron chi connectivity index (χ2n) is 4.79. The van der Waals surface area contributed by atoms with Crippen LogP contribution in [0.3, 0.4) is 0 Å². The molecule has 3 nitrogen and oxygen atoms in total. The Morgan fingerprint density at radius 2 is 1.88 bits per heavy atom. The van der Waals surface area contributed by atoms with Crippen molar-refractivity contribution in [3.63, 3.8) is 0 Å². The molecule has 0 amide bonds. The molecular formula is C13H20FNO2. The van der Waals surface area contributed by atoms with Gasteiger partial charge in [0.25, 0.3) is 0 Å². The maximum atomic E-state index is 12.8. The van der Waals surface area contributed by atoms with Gasteiger partial charge in [-0.05, 0) is 38.0 Å². The van der Waals surface area contributed by atoms with Gasteiger partial charge in [0.15, 0.2) is 11.5 Å². The van der Waals surface area contributed by atoms with Crippen molar-refractivity contribution in [2.45, 2.75) is 32.5 Å². The molecule has 0 saturated heterocycles. The minimum absolute atomic E-state index is 0.382. The minimum atomic E-state index is -0.529. The van der Waals surface area contributed by atoms with E-state index in [2.05, 4.69) is 0 Å². The molecule has 0 saturated carbocycles. The molecule has 0 bridgehead atoms. The first-order valence-corrected chi connectivity index (χ1v) is 5.50. The second-order valence-corrected chi connectivity index (χ2v) is 4.79. The van der Waals surface area contributed by atoms with Gasteiger partial charge < -0.3 is 15.2 Å². The smallest absolute Gasteiger partial charge is 0.163 e. The minimum Gasteiger partial charge on any atom is -0.493 e. The van der Waals surface area contributed by atoms with Crippen LogP contribution in [0.25, 0.3) is 0 Å². The van der Waals surface area contributed by atoms with Crippen LogP contribution in [-0.4, -0.2) is 19.8 Å². The summed E-state index contributed by atoms with van der Waals surface area (Å²) >= 11 is 0. The van der Waals surface area contributed by atoms with Crippen LogP contribution < -0.4 is 15.2 Å². The Kier molecular flexibility index (Phi) is 4.34. The fourth-order valence-corrected chi connectivity index (χ4v) is 1.81. The van der Waals surface area contributed by atoms with E-state index in [0.29, 0.717) is 23.5 Å². The lowest BCUT2D eigenvalue weighted by Crippen LogP contribution is -2.34. The Balaban J connectivity index is 3.24. The standard InChI is InChI=1S/C13H20FNO2/c1-13(2,15)7-10-5-9(8-14)6-11(16-3)12(10)17-4/h5-6H,7-8,15H2,1-4H3. The lowest BCUT2D eigenvalue weighted by Gasteiger charge is -2.21. The average Bonchev–Trinajstić information content (AvgIpc) is 2.25. The zero-order valence-electron chi connectivity index (χ0n) is 10.8. The molecular weight excluding hydrogens is 221 g/mol. The first kappa shape index (κ1) is 13.8. The highest BCUT2D eigenvalue weighted by Crippen LogP contribution is 2.34. The van der Waals surface area contributed by atoms with E-state index >= 15 is 0 Å². The summed E-state index contributed by atoms with van der Waals surface area (Å²) in [7, 11) is 3.11. The van der Waals surface area contributed by atoms with Gasteiger partial charge in [-0.1, -0.05) is 0 Å². The number of halogens is 1. The molecule has 0 heterocycles. The van der Waals surface area contributed by atoms with Crippen molar-refractivity contribution < 1.29 is 13.9 Å². The van der Waals surface area contributed by atoms with Gasteiger partial charge in [-0.3, -0.25) is 0 Å². The number of alkyl halides is 1. The summed E-state index contributed by atoms with van der Waals surface area (Å²) in [5.41, 5.74) is 7.04. The second kappa shape index (κ2) is 5.36. The van der Waals surface area contributed by atoms with E-state index < -0.39 is 6.67 Å². The number of ether oxygens (including phenoxy) is 2. The number of hydrogen-bond acceptors (Lipinski definition) is 3. The zero-order valence-corrected chi connectivity index (χ0v) is 10.8. The Morgan fingerprint density at radius 1 is 1.24 bits per heavy atom. The number of methoxy groups -OCH3 is 2. The van der Waals surface area contributed by atoms with Crippen molar-refractivity contribution >= 4 is 0 Å². The summed E-state index contributed by atoms with van der Waals surface area (Å²) in [5, 5.41) is 0. The first-order valence-electron chi connectivity index (χ1n) is 5.50. The lowest BCUT2D eigenvalue weighted by atomic mass is 9.94. The van der Waals surface area contributed by atoms with Crippen LogP contribution in [0, 0.1) is 0 Å². The topological polar surface area (TPSA) is 44.5 Å². The summed E-state index contributed by atoms with van der Waals surface area (Å²) in [6, 6.07) is 3.42. The molecule has 17 heavy (non-hydrogen) atoms. The van der Waals surface area contributed by atoms with Gasteiger partial charge in [-0.25, -0.2) is 4.39 Å². The van der Waals surface area contributed by atoms with Gasteiger partial charge >= 0.3 is 0 Å². The van der Waals surface area contributed by atoms with Crippen LogP contribution in [-0.2, 0) is 13.1 Å². The van der Waals surface area contributed by atoms with E-state index in [1.54, 1.807) is 19.2 Å². The van der Waals surface area contributed by atoms with Crippen molar-refractivity contribution in [3.8, 4) is 11.5 Å². The lowest BCUT2D eigenvalue weighted by molar-refractivity contribution is 0.347. The molecule has 0 aliphatic rings. The number of hydrogen-bond donors (Lipinski definition) is 1. The van der Waals surface area contributed by atoms with Gasteiger partial charge in [-0.15, -0.1) is 0 Å². The number of benzene rings is 1. The molecule has 0 unspecified atom stereocenters. The highest BCUT2D eigenvalue weighted by atomic mass is 19.1. The molecule has 2 N–H and O–H groups in total. The largest absolute Gasteiger partial charge is 0.493 e. The van der Waals surface area contributed by atoms with Crippen LogP contribution >= 0.6 is 0 Å². The quantitative estimate of drug-likeness (QED) is 0.861. The number of rotatable bonds is 5. The van der Waals surface area contributed by atoms with E-state index in [9.17, 15) is 4.39 Å². The summed E-state index contributed by atoms with van der Waals surface area (Å²) in [6.07, 6.45) is 0.598. The molecule has 0 aliphatic carbocycles. The molecule has 0 spiro atoms. The maximum absolute atomic E-state index is 12.8. The third kappa shape index (κ3) is 3.60. The van der Waals surface area contributed by atoms with Crippen molar-refractivity contribution in [1.82, 2.24) is 0 Å². The molecule has 96 valence electrons. The van der Waals surface area contributed by atoms with Crippen LogP contribution in [0.4, 0.5) is 4.39 Å². The third-order valence-corrected chi connectivity index (χ3v) is 2.42. The van der Waals surface area contributed by atoms with Gasteiger partial charge in [0.05, 0.1) is 14.2 Å². The molecule has 0 radical (unpaired) electrons. The van der Waals surface area contributed by atoms with Crippen LogP contribution in [0.5, 0.6) is 11.5 Å². The summed E-state index contributed by atoms with van der Waals surface area (Å²) < 4.78 is 23.3. The van der Waals surface area contributed by atoms with E-state index in [1.807, 2.05) is 13.8 Å². The molecule has 0 aliphatic heterocycles. The van der Waals surface area contributed by atoms with E-state index in [0.717, 1.165) is 5.56 Å². The van der Waals surface area contributed by atoms with E-state index in [-0.39, 0.29) is 5.54 Å². The molecule has 0 aromatic heterocycles. The Labute approximate surface area is 102 Å². The summed E-state index contributed by atoms with van der Waals surface area (Å²) in [5.74, 6) is 1.17. The maximum Gasteiger partial charge on any atom is 0.163 e. The van der Waals surface area contributed by atoms with Crippen molar-refractivity contribution in [3.05, 3.63) is 23.3 Å². The first-order chi connectivity index (χ1) is 7.91. The fraction of sp³-hybridized carbons (Fsp3) is 0.538. The zero-order chi connectivity index (χ0) is 13.1. The van der Waals surface area contributed by atoms with Crippen LogP contribution in [0.1, 0.15) is 25.0 Å². The number of nitrogens with two attached hydrogens (primary N) is 1. The van der Waals surface area contributed by atoms with Crippen LogP contribution in [0.2, 0.25) is 0 Å². The molecule has 1 rings (SSSR count). The Morgan fingerprint density at radius 3 is 2.29 bits per heavy atom. The van der Waals surface area contributed by atoms with Crippen molar-refractivity contribution in [2.24, 2.45) is 5.73 Å². The molecule has 1 aromatic rings. The normalized spacial score (nSPS) is 11.4. The Bertz CT molecular complexity index is 386. The average molecular weight is 241 g/mol. The summed E-state index contributed by atoms with van der Waals surface area (Å²) in [6.45, 7) is 3.31. The van der Waals surface area contributed by atoms with E-state index in [1.165, 1.54) is 7.11 Å². The van der Waals surface area contributed by atoms with Crippen LogP contribution in [0.15, 0.2) is 12.1 Å². The fourth-order valence-electron chi connectivity index (χ4n) is 1.81. The van der Waals surface area contributed by atoms with Gasteiger partial charge in [0.2, 0.25) is 0 Å². The molecule has 0 atom stereocenters. The molecule has 4 heteroatoms.